The highest BCUT2D eigenvalue weighted by molar-refractivity contribution is 5.26. The van der Waals surface area contributed by atoms with E-state index in [4.69, 9.17) is 4.84 Å². The average Bonchev–Trinajstić information content (AvgIpc) is 2.15. The monoisotopic (exact) mass is 163 g/mol. The highest BCUT2D eigenvalue weighted by atomic mass is 16.6. The van der Waals surface area contributed by atoms with E-state index < -0.39 is 0 Å². The molecule has 0 saturated heterocycles. The van der Waals surface area contributed by atoms with Gasteiger partial charge in [0.2, 0.25) is 0 Å². The maximum Gasteiger partial charge on any atom is 0.142 e. The lowest BCUT2D eigenvalue weighted by Crippen LogP contribution is -1.92. The summed E-state index contributed by atoms with van der Waals surface area (Å²) in [4.78, 5) is 4.88. The quantitative estimate of drug-likeness (QED) is 0.493. The van der Waals surface area contributed by atoms with E-state index in [0.717, 1.165) is 6.42 Å². The largest absolute Gasteiger partial charge is 0.391 e. The van der Waals surface area contributed by atoms with Crippen molar-refractivity contribution in [2.45, 2.75) is 20.0 Å². The van der Waals surface area contributed by atoms with E-state index in [-0.39, 0.29) is 0 Å². The molecule has 1 rings (SSSR count). The van der Waals surface area contributed by atoms with Gasteiger partial charge in [0.15, 0.2) is 0 Å². The molecule has 0 aliphatic rings. The number of hydrogen-bond acceptors (Lipinski definition) is 2. The van der Waals surface area contributed by atoms with Crippen LogP contribution >= 0.6 is 0 Å². The molecule has 0 spiro atoms. The van der Waals surface area contributed by atoms with Crippen molar-refractivity contribution in [1.82, 2.24) is 0 Å². The van der Waals surface area contributed by atoms with Crippen molar-refractivity contribution in [3.8, 4) is 0 Å². The molecule has 0 atom stereocenters. The number of nitrogens with zero attached hydrogens (tertiary/aromatic N) is 1. The Bertz CT molecular complexity index is 258. The van der Waals surface area contributed by atoms with Crippen molar-refractivity contribution in [1.29, 1.82) is 0 Å². The summed E-state index contributed by atoms with van der Waals surface area (Å²) in [6, 6.07) is 8.18. The molecule has 0 fully saturated rings. The summed E-state index contributed by atoms with van der Waals surface area (Å²) in [7, 11) is 0. The zero-order valence-electron chi connectivity index (χ0n) is 7.29. The van der Waals surface area contributed by atoms with Gasteiger partial charge in [-0.2, -0.15) is 0 Å². The zero-order valence-corrected chi connectivity index (χ0v) is 7.29. The molecule has 0 amide bonds. The summed E-state index contributed by atoms with van der Waals surface area (Å²) in [5, 5.41) is 3.36. The summed E-state index contributed by atoms with van der Waals surface area (Å²) in [6.45, 7) is 5.91. The van der Waals surface area contributed by atoms with Gasteiger partial charge in [-0.05, 0) is 17.5 Å². The predicted molar refractivity (Wildman–Crippen MR) is 50.2 cm³/mol. The van der Waals surface area contributed by atoms with Crippen LogP contribution < -0.4 is 0 Å². The topological polar surface area (TPSA) is 21.6 Å². The van der Waals surface area contributed by atoms with Crippen molar-refractivity contribution in [2.24, 2.45) is 5.16 Å². The summed E-state index contributed by atoms with van der Waals surface area (Å²) in [6.07, 6.45) is 1.02. The van der Waals surface area contributed by atoms with E-state index in [9.17, 15) is 0 Å². The second-order valence-corrected chi connectivity index (χ2v) is 2.52. The fourth-order valence-electron chi connectivity index (χ4n) is 1.16. The second kappa shape index (κ2) is 4.54. The van der Waals surface area contributed by atoms with Gasteiger partial charge in [0.25, 0.3) is 0 Å². The Hall–Kier alpha value is -1.31. The second-order valence-electron chi connectivity index (χ2n) is 2.52. The number of oxime groups is 1. The van der Waals surface area contributed by atoms with Crippen LogP contribution in [0.4, 0.5) is 0 Å². The van der Waals surface area contributed by atoms with Crippen LogP contribution in [0.3, 0.4) is 0 Å². The smallest absolute Gasteiger partial charge is 0.142 e. The van der Waals surface area contributed by atoms with Crippen LogP contribution in [-0.2, 0) is 17.9 Å². The predicted octanol–water partition coefficient (Wildman–Crippen LogP) is 2.38. The molecular weight excluding hydrogens is 150 g/mol. The Morgan fingerprint density at radius 2 is 2.00 bits per heavy atom. The van der Waals surface area contributed by atoms with Crippen molar-refractivity contribution in [3.63, 3.8) is 0 Å². The molecule has 0 radical (unpaired) electrons. The van der Waals surface area contributed by atoms with Gasteiger partial charge in [0.1, 0.15) is 6.61 Å². The van der Waals surface area contributed by atoms with Crippen LogP contribution in [0.15, 0.2) is 29.4 Å². The maximum atomic E-state index is 4.88. The Labute approximate surface area is 72.9 Å². The van der Waals surface area contributed by atoms with Crippen LogP contribution in [0.2, 0.25) is 0 Å². The molecule has 2 nitrogen and oxygen atoms in total. The minimum absolute atomic E-state index is 0.521. The first-order valence-corrected chi connectivity index (χ1v) is 4.03. The summed E-state index contributed by atoms with van der Waals surface area (Å²) < 4.78 is 0. The van der Waals surface area contributed by atoms with Gasteiger partial charge in [-0.3, -0.25) is 0 Å². The van der Waals surface area contributed by atoms with Crippen molar-refractivity contribution in [2.75, 3.05) is 0 Å². The zero-order chi connectivity index (χ0) is 8.81. The first-order chi connectivity index (χ1) is 5.88. The lowest BCUT2D eigenvalue weighted by molar-refractivity contribution is 0.132. The Morgan fingerprint density at radius 3 is 2.58 bits per heavy atom. The molecule has 0 N–H and O–H groups in total. The number of benzene rings is 1. The third kappa shape index (κ3) is 2.09. The average molecular weight is 163 g/mol. The molecule has 0 heterocycles. The normalized spacial score (nSPS) is 9.42. The van der Waals surface area contributed by atoms with E-state index in [1.54, 1.807) is 0 Å². The summed E-state index contributed by atoms with van der Waals surface area (Å²) in [5.41, 5.74) is 2.49. The molecule has 2 heteroatoms. The van der Waals surface area contributed by atoms with Crippen LogP contribution in [0.5, 0.6) is 0 Å². The molecule has 64 valence electrons. The van der Waals surface area contributed by atoms with E-state index >= 15 is 0 Å². The van der Waals surface area contributed by atoms with Gasteiger partial charge < -0.3 is 4.84 Å². The molecule has 0 saturated carbocycles. The Morgan fingerprint density at radius 1 is 1.33 bits per heavy atom. The fraction of sp³-hybridized carbons (Fsp3) is 0.300. The maximum absolute atomic E-state index is 4.88. The van der Waals surface area contributed by atoms with Crippen LogP contribution in [0, 0.1) is 0 Å². The molecule has 0 bridgehead atoms. The minimum Gasteiger partial charge on any atom is -0.391 e. The van der Waals surface area contributed by atoms with Crippen molar-refractivity contribution < 1.29 is 4.84 Å². The molecule has 0 unspecified atom stereocenters. The summed E-state index contributed by atoms with van der Waals surface area (Å²) in [5.74, 6) is 0. The number of aryl methyl sites for hydroxylation is 1. The minimum atomic E-state index is 0.521. The van der Waals surface area contributed by atoms with E-state index in [1.807, 2.05) is 18.2 Å². The van der Waals surface area contributed by atoms with E-state index in [1.165, 1.54) is 11.1 Å². The highest BCUT2D eigenvalue weighted by Crippen LogP contribution is 2.10. The fourth-order valence-corrected chi connectivity index (χ4v) is 1.16. The van der Waals surface area contributed by atoms with Gasteiger partial charge >= 0.3 is 0 Å². The molecule has 1 aromatic rings. The van der Waals surface area contributed by atoms with Gasteiger partial charge in [-0.15, -0.1) is 5.16 Å². The third-order valence-corrected chi connectivity index (χ3v) is 1.81. The Balaban J connectivity index is 2.74. The van der Waals surface area contributed by atoms with Gasteiger partial charge in [0.05, 0.1) is 0 Å². The number of hydrogen-bond donors (Lipinski definition) is 0. The Kier molecular flexibility index (Phi) is 3.33. The van der Waals surface area contributed by atoms with E-state index in [2.05, 4.69) is 24.9 Å². The molecule has 0 aliphatic heterocycles. The van der Waals surface area contributed by atoms with E-state index in [0.29, 0.717) is 6.61 Å². The van der Waals surface area contributed by atoms with Crippen molar-refractivity contribution in [3.05, 3.63) is 35.4 Å². The SMILES string of the molecule is C=NOCc1ccccc1CC. The van der Waals surface area contributed by atoms with Gasteiger partial charge in [-0.1, -0.05) is 31.2 Å². The first kappa shape index (κ1) is 8.78. The van der Waals surface area contributed by atoms with Crippen molar-refractivity contribution >= 4 is 6.72 Å². The molecule has 12 heavy (non-hydrogen) atoms. The standard InChI is InChI=1S/C10H13NO/c1-3-9-6-4-5-7-10(9)8-12-11-2/h4-7H,2-3,8H2,1H3. The molecule has 1 aromatic carbocycles. The van der Waals surface area contributed by atoms with Gasteiger partial charge in [0, 0.05) is 6.72 Å². The van der Waals surface area contributed by atoms with Crippen LogP contribution in [0.1, 0.15) is 18.1 Å². The molecule has 0 aromatic heterocycles. The highest BCUT2D eigenvalue weighted by Gasteiger charge is 1.98. The van der Waals surface area contributed by atoms with Crippen LogP contribution in [0.25, 0.3) is 0 Å². The van der Waals surface area contributed by atoms with Crippen LogP contribution in [-0.4, -0.2) is 6.72 Å². The molecular formula is C10H13NO. The first-order valence-electron chi connectivity index (χ1n) is 4.03. The summed E-state index contributed by atoms with van der Waals surface area (Å²) >= 11 is 0. The lowest BCUT2D eigenvalue weighted by atomic mass is 10.1. The lowest BCUT2D eigenvalue weighted by Gasteiger charge is -2.04. The molecule has 0 aliphatic carbocycles. The number of rotatable bonds is 4. The van der Waals surface area contributed by atoms with Gasteiger partial charge in [-0.25, -0.2) is 0 Å². The third-order valence-electron chi connectivity index (χ3n) is 1.81.